The molecule has 0 aromatic heterocycles. The molecule has 0 saturated carbocycles. The quantitative estimate of drug-likeness (QED) is 0.873. The number of ether oxygens (including phenoxy) is 2. The fourth-order valence-corrected chi connectivity index (χ4v) is 3.44. The molecule has 6 heteroatoms. The summed E-state index contributed by atoms with van der Waals surface area (Å²) in [7, 11) is 0. The van der Waals surface area contributed by atoms with Gasteiger partial charge in [-0.15, -0.1) is 0 Å². The van der Waals surface area contributed by atoms with Gasteiger partial charge in [-0.3, -0.25) is 4.79 Å². The Morgan fingerprint density at radius 3 is 2.87 bits per heavy atom. The number of morpholine rings is 1. The maximum Gasteiger partial charge on any atom is 0.250 e. The molecule has 2 fully saturated rings. The van der Waals surface area contributed by atoms with Crippen molar-refractivity contribution in [1.82, 2.24) is 10.6 Å². The number of carbonyl (C=O) groups is 1. The van der Waals surface area contributed by atoms with Crippen molar-refractivity contribution >= 4 is 17.5 Å². The van der Waals surface area contributed by atoms with Gasteiger partial charge >= 0.3 is 0 Å². The fraction of sp³-hybridized carbons (Fsp3) is 0.588. The fourth-order valence-electron chi connectivity index (χ4n) is 3.25. The predicted octanol–water partition coefficient (Wildman–Crippen LogP) is 1.49. The number of nitrogens with one attached hydrogen (secondary N) is 2. The van der Waals surface area contributed by atoms with E-state index < -0.39 is 6.10 Å². The van der Waals surface area contributed by atoms with Crippen LogP contribution in [0.25, 0.3) is 0 Å². The van der Waals surface area contributed by atoms with Crippen molar-refractivity contribution in [3.63, 3.8) is 0 Å². The normalized spacial score (nSPS) is 24.1. The molecule has 2 heterocycles. The van der Waals surface area contributed by atoms with Crippen molar-refractivity contribution < 1.29 is 14.3 Å². The average molecular weight is 339 g/mol. The molecule has 0 radical (unpaired) electrons. The number of benzene rings is 1. The minimum Gasteiger partial charge on any atom is -0.381 e. The van der Waals surface area contributed by atoms with E-state index in [1.54, 1.807) is 0 Å². The summed E-state index contributed by atoms with van der Waals surface area (Å²) in [5.74, 6) is -0.0508. The van der Waals surface area contributed by atoms with Gasteiger partial charge in [-0.1, -0.05) is 23.7 Å². The molecule has 1 aromatic rings. The van der Waals surface area contributed by atoms with Crippen LogP contribution < -0.4 is 10.6 Å². The summed E-state index contributed by atoms with van der Waals surface area (Å²) in [6.07, 6.45) is 1.34. The van der Waals surface area contributed by atoms with Gasteiger partial charge in [0.15, 0.2) is 0 Å². The Labute approximate surface area is 141 Å². The lowest BCUT2D eigenvalue weighted by Gasteiger charge is -2.38. The van der Waals surface area contributed by atoms with E-state index in [2.05, 4.69) is 16.7 Å². The SMILES string of the molecule is O=C(NCC1(c2cccc(Cl)c2)CCOCC1)C1CNCCO1. The molecule has 0 spiro atoms. The van der Waals surface area contributed by atoms with E-state index in [0.29, 0.717) is 32.9 Å². The van der Waals surface area contributed by atoms with Gasteiger partial charge in [0.05, 0.1) is 6.61 Å². The van der Waals surface area contributed by atoms with Crippen LogP contribution in [0, 0.1) is 0 Å². The summed E-state index contributed by atoms with van der Waals surface area (Å²) in [6, 6.07) is 7.92. The Morgan fingerprint density at radius 2 is 2.17 bits per heavy atom. The molecule has 2 N–H and O–H groups in total. The first-order valence-corrected chi connectivity index (χ1v) is 8.51. The summed E-state index contributed by atoms with van der Waals surface area (Å²) in [5.41, 5.74) is 1.04. The molecule has 2 aliphatic heterocycles. The maximum atomic E-state index is 12.3. The third-order valence-corrected chi connectivity index (χ3v) is 4.94. The topological polar surface area (TPSA) is 59.6 Å². The zero-order valence-electron chi connectivity index (χ0n) is 13.1. The van der Waals surface area contributed by atoms with Crippen LogP contribution in [0.1, 0.15) is 18.4 Å². The van der Waals surface area contributed by atoms with Crippen molar-refractivity contribution in [2.45, 2.75) is 24.4 Å². The van der Waals surface area contributed by atoms with Crippen molar-refractivity contribution in [2.75, 3.05) is 39.5 Å². The molecule has 0 aliphatic carbocycles. The highest BCUT2D eigenvalue weighted by Gasteiger charge is 2.35. The largest absolute Gasteiger partial charge is 0.381 e. The predicted molar refractivity (Wildman–Crippen MR) is 88.8 cm³/mol. The van der Waals surface area contributed by atoms with E-state index >= 15 is 0 Å². The van der Waals surface area contributed by atoms with Gasteiger partial charge in [0.1, 0.15) is 6.10 Å². The molecule has 1 aromatic carbocycles. The maximum absolute atomic E-state index is 12.3. The summed E-state index contributed by atoms with van der Waals surface area (Å²) in [6.45, 7) is 3.92. The summed E-state index contributed by atoms with van der Waals surface area (Å²) >= 11 is 6.16. The second-order valence-electron chi connectivity index (χ2n) is 6.18. The Balaban J connectivity index is 1.70. The Hall–Kier alpha value is -1.14. The molecule has 1 unspecified atom stereocenters. The molecule has 3 rings (SSSR count). The first-order valence-electron chi connectivity index (χ1n) is 8.13. The van der Waals surface area contributed by atoms with E-state index in [4.69, 9.17) is 21.1 Å². The molecule has 1 atom stereocenters. The highest BCUT2D eigenvalue weighted by molar-refractivity contribution is 6.30. The Kier molecular flexibility index (Phi) is 5.54. The van der Waals surface area contributed by atoms with Crippen LogP contribution in [0.15, 0.2) is 24.3 Å². The number of hydrogen-bond donors (Lipinski definition) is 2. The number of hydrogen-bond acceptors (Lipinski definition) is 4. The third-order valence-electron chi connectivity index (χ3n) is 4.71. The lowest BCUT2D eigenvalue weighted by atomic mass is 9.74. The zero-order valence-corrected chi connectivity index (χ0v) is 13.9. The minimum atomic E-state index is -0.403. The van der Waals surface area contributed by atoms with Crippen molar-refractivity contribution in [3.05, 3.63) is 34.9 Å². The molecule has 1 amide bonds. The summed E-state index contributed by atoms with van der Waals surface area (Å²) < 4.78 is 11.0. The lowest BCUT2D eigenvalue weighted by molar-refractivity contribution is -0.134. The smallest absolute Gasteiger partial charge is 0.250 e. The van der Waals surface area contributed by atoms with Crippen molar-refractivity contribution in [2.24, 2.45) is 0 Å². The van der Waals surface area contributed by atoms with Crippen LogP contribution >= 0.6 is 11.6 Å². The molecule has 2 saturated heterocycles. The van der Waals surface area contributed by atoms with Gasteiger partial charge in [0, 0.05) is 43.3 Å². The van der Waals surface area contributed by atoms with Crippen LogP contribution in [0.4, 0.5) is 0 Å². The monoisotopic (exact) mass is 338 g/mol. The first kappa shape index (κ1) is 16.7. The van der Waals surface area contributed by atoms with E-state index in [1.165, 1.54) is 0 Å². The second kappa shape index (κ2) is 7.62. The molecule has 23 heavy (non-hydrogen) atoms. The van der Waals surface area contributed by atoms with Crippen LogP contribution in [0.3, 0.4) is 0 Å². The van der Waals surface area contributed by atoms with Gasteiger partial charge in [-0.25, -0.2) is 0 Å². The van der Waals surface area contributed by atoms with E-state index in [1.807, 2.05) is 18.2 Å². The van der Waals surface area contributed by atoms with Crippen LogP contribution in [-0.4, -0.2) is 51.5 Å². The highest BCUT2D eigenvalue weighted by atomic mass is 35.5. The van der Waals surface area contributed by atoms with Crippen LogP contribution in [-0.2, 0) is 19.7 Å². The van der Waals surface area contributed by atoms with Gasteiger partial charge in [-0.2, -0.15) is 0 Å². The van der Waals surface area contributed by atoms with Crippen molar-refractivity contribution in [3.8, 4) is 0 Å². The zero-order chi connectivity index (χ0) is 16.1. The summed E-state index contributed by atoms with van der Waals surface area (Å²) in [5, 5.41) is 6.98. The second-order valence-corrected chi connectivity index (χ2v) is 6.62. The number of halogens is 1. The Morgan fingerprint density at radius 1 is 1.35 bits per heavy atom. The van der Waals surface area contributed by atoms with Gasteiger partial charge in [0.2, 0.25) is 5.91 Å². The van der Waals surface area contributed by atoms with Crippen LogP contribution in [0.2, 0.25) is 5.02 Å². The van der Waals surface area contributed by atoms with Crippen LogP contribution in [0.5, 0.6) is 0 Å². The van der Waals surface area contributed by atoms with Gasteiger partial charge in [0.25, 0.3) is 0 Å². The molecule has 5 nitrogen and oxygen atoms in total. The highest BCUT2D eigenvalue weighted by Crippen LogP contribution is 2.35. The average Bonchev–Trinajstić information content (AvgIpc) is 2.61. The molecular formula is C17H23ClN2O3. The van der Waals surface area contributed by atoms with Crippen molar-refractivity contribution in [1.29, 1.82) is 0 Å². The van der Waals surface area contributed by atoms with Gasteiger partial charge < -0.3 is 20.1 Å². The number of amides is 1. The van der Waals surface area contributed by atoms with E-state index in [0.717, 1.165) is 30.0 Å². The van der Waals surface area contributed by atoms with E-state index in [9.17, 15) is 4.79 Å². The lowest BCUT2D eigenvalue weighted by Crippen LogP contribution is -2.51. The first-order chi connectivity index (χ1) is 11.2. The van der Waals surface area contributed by atoms with E-state index in [-0.39, 0.29) is 11.3 Å². The number of carbonyl (C=O) groups excluding carboxylic acids is 1. The van der Waals surface area contributed by atoms with Gasteiger partial charge in [-0.05, 0) is 30.5 Å². The number of rotatable bonds is 4. The molecular weight excluding hydrogens is 316 g/mol. The molecule has 126 valence electrons. The molecule has 2 aliphatic rings. The Bertz CT molecular complexity index is 540. The summed E-state index contributed by atoms with van der Waals surface area (Å²) in [4.78, 5) is 12.3. The standard InChI is InChI=1S/C17H23ClN2O3/c18-14-3-1-2-13(10-14)17(4-7-22-8-5-17)12-20-16(21)15-11-19-6-9-23-15/h1-3,10,15,19H,4-9,11-12H2,(H,20,21). The third kappa shape index (κ3) is 4.04. The minimum absolute atomic E-state index is 0.0508. The molecule has 0 bridgehead atoms.